The average Bonchev–Trinajstić information content (AvgIpc) is 2.97. The van der Waals surface area contributed by atoms with E-state index in [0.29, 0.717) is 17.5 Å². The number of aryl methyl sites for hydroxylation is 1. The summed E-state index contributed by atoms with van der Waals surface area (Å²) in [6.45, 7) is 6.37. The van der Waals surface area contributed by atoms with Gasteiger partial charge in [-0.1, -0.05) is 57.2 Å². The van der Waals surface area contributed by atoms with Gasteiger partial charge in [0.05, 0.1) is 23.1 Å². The number of aliphatic hydroxyl groups excluding tert-OH is 1. The maximum absolute atomic E-state index is 12.5. The molecule has 1 heterocycles. The molecule has 2 aromatic rings. The molecule has 2 N–H and O–H groups in total. The Bertz CT molecular complexity index is 939. The standard InChI is InChI=1S/C25H29NO5/c1-25(2,3)17-11-8-16(9-12-17)10-13-21(27)20(24(30)31)14-15-26-22(28)18-6-4-5-7-19(18)23(26)29/h4-9,11-12,20-21,27H,10,13-15H2,1-3H3,(H,30,31)/t20-,21+/m0/s1. The van der Waals surface area contributed by atoms with Crippen molar-refractivity contribution in [3.8, 4) is 0 Å². The number of fused-ring (bicyclic) bond motifs is 1. The smallest absolute Gasteiger partial charge is 0.309 e. The second-order valence-corrected chi connectivity index (χ2v) is 9.09. The van der Waals surface area contributed by atoms with E-state index >= 15 is 0 Å². The Morgan fingerprint density at radius 2 is 1.48 bits per heavy atom. The van der Waals surface area contributed by atoms with Crippen molar-refractivity contribution in [3.05, 3.63) is 70.8 Å². The molecule has 0 radical (unpaired) electrons. The quantitative estimate of drug-likeness (QED) is 0.632. The van der Waals surface area contributed by atoms with E-state index in [0.717, 1.165) is 10.5 Å². The zero-order chi connectivity index (χ0) is 22.8. The van der Waals surface area contributed by atoms with E-state index in [2.05, 4.69) is 32.9 Å². The van der Waals surface area contributed by atoms with Gasteiger partial charge in [-0.15, -0.1) is 0 Å². The van der Waals surface area contributed by atoms with Crippen LogP contribution < -0.4 is 0 Å². The fourth-order valence-corrected chi connectivity index (χ4v) is 3.88. The summed E-state index contributed by atoms with van der Waals surface area (Å²) in [6, 6.07) is 14.7. The molecule has 2 amide bonds. The van der Waals surface area contributed by atoms with Crippen molar-refractivity contribution in [2.45, 2.75) is 51.6 Å². The lowest BCUT2D eigenvalue weighted by atomic mass is 9.86. The highest BCUT2D eigenvalue weighted by atomic mass is 16.4. The molecule has 1 aliphatic heterocycles. The molecule has 0 unspecified atom stereocenters. The first kappa shape index (κ1) is 22.7. The first-order chi connectivity index (χ1) is 14.6. The number of nitrogens with zero attached hydrogens (tertiary/aromatic N) is 1. The largest absolute Gasteiger partial charge is 0.481 e. The minimum absolute atomic E-state index is 0.00489. The zero-order valence-electron chi connectivity index (χ0n) is 18.2. The summed E-state index contributed by atoms with van der Waals surface area (Å²) in [4.78, 5) is 37.7. The molecule has 3 rings (SSSR count). The number of benzene rings is 2. The molecule has 0 fully saturated rings. The molecule has 1 aliphatic rings. The number of carbonyl (C=O) groups is 3. The highest BCUT2D eigenvalue weighted by molar-refractivity contribution is 6.21. The minimum Gasteiger partial charge on any atom is -0.481 e. The summed E-state index contributed by atoms with van der Waals surface area (Å²) in [5, 5.41) is 20.1. The Labute approximate surface area is 182 Å². The summed E-state index contributed by atoms with van der Waals surface area (Å²) >= 11 is 0. The summed E-state index contributed by atoms with van der Waals surface area (Å²) in [5.41, 5.74) is 2.95. The van der Waals surface area contributed by atoms with Crippen LogP contribution in [-0.2, 0) is 16.6 Å². The fourth-order valence-electron chi connectivity index (χ4n) is 3.88. The third-order valence-electron chi connectivity index (χ3n) is 5.87. The van der Waals surface area contributed by atoms with Gasteiger partial charge in [0, 0.05) is 6.54 Å². The molecule has 6 heteroatoms. The topological polar surface area (TPSA) is 94.9 Å². The summed E-state index contributed by atoms with van der Waals surface area (Å²) in [7, 11) is 0. The van der Waals surface area contributed by atoms with Gasteiger partial charge >= 0.3 is 5.97 Å². The number of aliphatic carboxylic acids is 1. The number of amides is 2. The van der Waals surface area contributed by atoms with Crippen molar-refractivity contribution in [2.24, 2.45) is 5.92 Å². The van der Waals surface area contributed by atoms with Crippen LogP contribution >= 0.6 is 0 Å². The zero-order valence-corrected chi connectivity index (χ0v) is 18.2. The van der Waals surface area contributed by atoms with Crippen LogP contribution in [0.1, 0.15) is 65.5 Å². The van der Waals surface area contributed by atoms with E-state index in [4.69, 9.17) is 0 Å². The second-order valence-electron chi connectivity index (χ2n) is 9.09. The number of rotatable bonds is 8. The Morgan fingerprint density at radius 3 is 1.97 bits per heavy atom. The fraction of sp³-hybridized carbons (Fsp3) is 0.400. The molecule has 0 saturated heterocycles. The van der Waals surface area contributed by atoms with Crippen LogP contribution in [-0.4, -0.2) is 45.5 Å². The number of carboxylic acids is 1. The van der Waals surface area contributed by atoms with Crippen LogP contribution in [0, 0.1) is 5.92 Å². The molecule has 31 heavy (non-hydrogen) atoms. The number of aliphatic hydroxyl groups is 1. The molecular weight excluding hydrogens is 394 g/mol. The number of carbonyl (C=O) groups excluding carboxylic acids is 2. The average molecular weight is 424 g/mol. The van der Waals surface area contributed by atoms with Gasteiger partial charge in [-0.05, 0) is 47.9 Å². The van der Waals surface area contributed by atoms with Crippen LogP contribution in [0.5, 0.6) is 0 Å². The Hall–Kier alpha value is -2.99. The van der Waals surface area contributed by atoms with Crippen molar-refractivity contribution in [1.29, 1.82) is 0 Å². The van der Waals surface area contributed by atoms with Crippen LogP contribution in [0.4, 0.5) is 0 Å². The monoisotopic (exact) mass is 423 g/mol. The van der Waals surface area contributed by atoms with Crippen LogP contribution in [0.3, 0.4) is 0 Å². The molecule has 0 saturated carbocycles. The van der Waals surface area contributed by atoms with Gasteiger partial charge in [0.15, 0.2) is 0 Å². The highest BCUT2D eigenvalue weighted by Gasteiger charge is 2.36. The van der Waals surface area contributed by atoms with E-state index in [1.165, 1.54) is 5.56 Å². The summed E-state index contributed by atoms with van der Waals surface area (Å²) in [5.74, 6) is -3.03. The van der Waals surface area contributed by atoms with E-state index in [1.54, 1.807) is 24.3 Å². The van der Waals surface area contributed by atoms with Crippen molar-refractivity contribution < 1.29 is 24.6 Å². The predicted molar refractivity (Wildman–Crippen MR) is 117 cm³/mol. The first-order valence-corrected chi connectivity index (χ1v) is 10.5. The van der Waals surface area contributed by atoms with Crippen molar-refractivity contribution in [2.75, 3.05) is 6.54 Å². The molecule has 164 valence electrons. The van der Waals surface area contributed by atoms with Gasteiger partial charge in [0.2, 0.25) is 0 Å². The van der Waals surface area contributed by atoms with E-state index in [1.807, 2.05) is 12.1 Å². The minimum atomic E-state index is -1.13. The Morgan fingerprint density at radius 1 is 0.935 bits per heavy atom. The predicted octanol–water partition coefficient (Wildman–Crippen LogP) is 3.66. The second kappa shape index (κ2) is 9.02. The third-order valence-corrected chi connectivity index (χ3v) is 5.87. The Balaban J connectivity index is 1.59. The number of carboxylic acid groups (broad SMARTS) is 1. The van der Waals surface area contributed by atoms with E-state index in [9.17, 15) is 24.6 Å². The summed E-state index contributed by atoms with van der Waals surface area (Å²) < 4.78 is 0. The van der Waals surface area contributed by atoms with Gasteiger partial charge in [0.25, 0.3) is 11.8 Å². The molecule has 0 spiro atoms. The maximum Gasteiger partial charge on any atom is 0.309 e. The van der Waals surface area contributed by atoms with Crippen molar-refractivity contribution in [3.63, 3.8) is 0 Å². The van der Waals surface area contributed by atoms with Gasteiger partial charge in [-0.2, -0.15) is 0 Å². The molecule has 6 nitrogen and oxygen atoms in total. The van der Waals surface area contributed by atoms with Crippen LogP contribution in [0.2, 0.25) is 0 Å². The van der Waals surface area contributed by atoms with Crippen LogP contribution in [0.25, 0.3) is 0 Å². The van der Waals surface area contributed by atoms with Gasteiger partial charge in [-0.25, -0.2) is 0 Å². The van der Waals surface area contributed by atoms with Gasteiger partial charge in [-0.3, -0.25) is 19.3 Å². The lowest BCUT2D eigenvalue weighted by molar-refractivity contribution is -0.146. The SMILES string of the molecule is CC(C)(C)c1ccc(CC[C@@H](O)[C@H](CCN2C(=O)c3ccccc3C2=O)C(=O)O)cc1. The molecular formula is C25H29NO5. The van der Waals surface area contributed by atoms with Crippen molar-refractivity contribution >= 4 is 17.8 Å². The number of hydrogen-bond donors (Lipinski definition) is 2. The molecule has 2 aromatic carbocycles. The highest BCUT2D eigenvalue weighted by Crippen LogP contribution is 2.25. The van der Waals surface area contributed by atoms with Gasteiger partial charge < -0.3 is 10.2 Å². The van der Waals surface area contributed by atoms with Crippen LogP contribution in [0.15, 0.2) is 48.5 Å². The van der Waals surface area contributed by atoms with Gasteiger partial charge in [0.1, 0.15) is 0 Å². The number of imide groups is 1. The van der Waals surface area contributed by atoms with E-state index < -0.39 is 29.8 Å². The molecule has 0 aromatic heterocycles. The number of hydrogen-bond acceptors (Lipinski definition) is 4. The maximum atomic E-state index is 12.5. The van der Waals surface area contributed by atoms with Crippen molar-refractivity contribution in [1.82, 2.24) is 4.90 Å². The molecule has 2 atom stereocenters. The van der Waals surface area contributed by atoms with E-state index in [-0.39, 0.29) is 24.8 Å². The molecule has 0 bridgehead atoms. The lowest BCUT2D eigenvalue weighted by Gasteiger charge is -2.22. The molecule has 0 aliphatic carbocycles. The lowest BCUT2D eigenvalue weighted by Crippen LogP contribution is -2.36. The third kappa shape index (κ3) is 5.02. The normalized spacial score (nSPS) is 15.7. The summed E-state index contributed by atoms with van der Waals surface area (Å²) in [6.07, 6.45) is -0.240. The Kier molecular flexibility index (Phi) is 6.60. The first-order valence-electron chi connectivity index (χ1n) is 10.5.